The van der Waals surface area contributed by atoms with Crippen LogP contribution in [-0.2, 0) is 0 Å². The monoisotopic (exact) mass is 111 g/mol. The molecule has 2 aliphatic rings. The Morgan fingerprint density at radius 1 is 1.38 bits per heavy atom. The van der Waals surface area contributed by atoms with Gasteiger partial charge in [-0.15, -0.1) is 0 Å². The van der Waals surface area contributed by atoms with Gasteiger partial charge in [-0.3, -0.25) is 0 Å². The third-order valence-corrected chi connectivity index (χ3v) is 2.82. The van der Waals surface area contributed by atoms with Gasteiger partial charge in [-0.1, -0.05) is 0 Å². The molecule has 0 aromatic heterocycles. The van der Waals surface area contributed by atoms with Crippen molar-refractivity contribution in [1.29, 1.82) is 0 Å². The zero-order valence-corrected chi connectivity index (χ0v) is 5.35. The largest absolute Gasteiger partial charge is 0.314 e. The van der Waals surface area contributed by atoms with Crippen LogP contribution in [0.15, 0.2) is 0 Å². The van der Waals surface area contributed by atoms with E-state index in [9.17, 15) is 0 Å². The molecule has 0 unspecified atom stereocenters. The van der Waals surface area contributed by atoms with Crippen LogP contribution in [0, 0.1) is 11.8 Å². The van der Waals surface area contributed by atoms with Gasteiger partial charge in [0.1, 0.15) is 0 Å². The predicted octanol–water partition coefficient (Wildman–Crippen LogP) is 1.00. The Morgan fingerprint density at radius 2 is 2.25 bits per heavy atom. The van der Waals surface area contributed by atoms with Crippen molar-refractivity contribution in [3.63, 3.8) is 0 Å². The highest BCUT2D eigenvalue weighted by Gasteiger charge is 2.39. The van der Waals surface area contributed by atoms with Crippen molar-refractivity contribution in [3.8, 4) is 0 Å². The third-order valence-electron chi connectivity index (χ3n) is 2.82. The van der Waals surface area contributed by atoms with Crippen LogP contribution in [0.3, 0.4) is 0 Å². The first-order chi connectivity index (χ1) is 3.88. The fourth-order valence-corrected chi connectivity index (χ4v) is 2.00. The molecule has 2 fully saturated rings. The molecule has 1 saturated carbocycles. The predicted molar refractivity (Wildman–Crippen MR) is 33.7 cm³/mol. The summed E-state index contributed by atoms with van der Waals surface area (Å²) in [6.07, 6.45) is 2.97. The van der Waals surface area contributed by atoms with E-state index in [0.29, 0.717) is 0 Å². The molecule has 1 heterocycles. The van der Waals surface area contributed by atoms with Crippen molar-refractivity contribution < 1.29 is 0 Å². The molecule has 2 rings (SSSR count). The zero-order valence-electron chi connectivity index (χ0n) is 5.35. The summed E-state index contributed by atoms with van der Waals surface area (Å²) in [5.74, 6) is 2.11. The van der Waals surface area contributed by atoms with Gasteiger partial charge in [-0.05, 0) is 38.1 Å². The van der Waals surface area contributed by atoms with Crippen LogP contribution in [0.2, 0.25) is 0 Å². The van der Waals surface area contributed by atoms with E-state index in [1.807, 2.05) is 0 Å². The average Bonchev–Trinajstić information content (AvgIpc) is 1.80. The number of nitrogens with one attached hydrogen (secondary N) is 1. The normalized spacial score (nSPS) is 52.9. The highest BCUT2D eigenvalue weighted by molar-refractivity contribution is 4.94. The van der Waals surface area contributed by atoms with Gasteiger partial charge >= 0.3 is 0 Å². The maximum absolute atomic E-state index is 3.48. The van der Waals surface area contributed by atoms with Gasteiger partial charge in [0.25, 0.3) is 0 Å². The van der Waals surface area contributed by atoms with Crippen molar-refractivity contribution in [3.05, 3.63) is 0 Å². The van der Waals surface area contributed by atoms with E-state index in [1.165, 1.54) is 19.4 Å². The van der Waals surface area contributed by atoms with E-state index in [1.54, 1.807) is 0 Å². The summed E-state index contributed by atoms with van der Waals surface area (Å²) in [5.41, 5.74) is 0. The summed E-state index contributed by atoms with van der Waals surface area (Å²) in [7, 11) is 0. The SMILES string of the molecule is C[C@@H]1NC[C@@H]2CC[C@@H]21. The third kappa shape index (κ3) is 0.455. The molecule has 0 aromatic carbocycles. The summed E-state index contributed by atoms with van der Waals surface area (Å²) in [4.78, 5) is 0. The minimum absolute atomic E-state index is 0.828. The molecule has 0 bridgehead atoms. The molecule has 46 valence electrons. The minimum Gasteiger partial charge on any atom is -0.314 e. The van der Waals surface area contributed by atoms with Crippen LogP contribution >= 0.6 is 0 Å². The first-order valence-corrected chi connectivity index (χ1v) is 3.61. The molecule has 1 saturated heterocycles. The lowest BCUT2D eigenvalue weighted by atomic mass is 9.73. The number of rotatable bonds is 0. The summed E-state index contributed by atoms with van der Waals surface area (Å²) < 4.78 is 0. The van der Waals surface area contributed by atoms with Crippen LogP contribution < -0.4 is 5.32 Å². The summed E-state index contributed by atoms with van der Waals surface area (Å²) >= 11 is 0. The lowest BCUT2D eigenvalue weighted by Gasteiger charge is -2.31. The highest BCUT2D eigenvalue weighted by Crippen LogP contribution is 2.39. The lowest BCUT2D eigenvalue weighted by molar-refractivity contribution is 0.215. The van der Waals surface area contributed by atoms with Gasteiger partial charge in [0, 0.05) is 6.04 Å². The quantitative estimate of drug-likeness (QED) is 0.492. The van der Waals surface area contributed by atoms with E-state index in [-0.39, 0.29) is 0 Å². The Bertz CT molecular complexity index is 94.6. The van der Waals surface area contributed by atoms with Gasteiger partial charge in [0.2, 0.25) is 0 Å². The molecule has 0 spiro atoms. The van der Waals surface area contributed by atoms with E-state index < -0.39 is 0 Å². The molecule has 1 aliphatic carbocycles. The van der Waals surface area contributed by atoms with Crippen LogP contribution in [0.5, 0.6) is 0 Å². The lowest BCUT2D eigenvalue weighted by Crippen LogP contribution is -2.28. The molecule has 0 radical (unpaired) electrons. The van der Waals surface area contributed by atoms with E-state index in [2.05, 4.69) is 12.2 Å². The molecule has 1 nitrogen and oxygen atoms in total. The Kier molecular flexibility index (Phi) is 0.884. The van der Waals surface area contributed by atoms with Gasteiger partial charge in [0.15, 0.2) is 0 Å². The maximum atomic E-state index is 3.48. The number of fused-ring (bicyclic) bond motifs is 1. The van der Waals surface area contributed by atoms with Crippen LogP contribution in [-0.4, -0.2) is 12.6 Å². The van der Waals surface area contributed by atoms with Gasteiger partial charge in [-0.25, -0.2) is 0 Å². The summed E-state index contributed by atoms with van der Waals surface area (Å²) in [5, 5.41) is 3.48. The minimum atomic E-state index is 0.828. The average molecular weight is 111 g/mol. The second-order valence-electron chi connectivity index (χ2n) is 3.20. The van der Waals surface area contributed by atoms with Crippen molar-refractivity contribution >= 4 is 0 Å². The molecule has 8 heavy (non-hydrogen) atoms. The Hall–Kier alpha value is -0.0400. The Labute approximate surface area is 50.5 Å². The fraction of sp³-hybridized carbons (Fsp3) is 1.00. The second kappa shape index (κ2) is 1.47. The Balaban J connectivity index is 2.05. The second-order valence-corrected chi connectivity index (χ2v) is 3.20. The van der Waals surface area contributed by atoms with E-state index in [0.717, 1.165) is 17.9 Å². The molecular weight excluding hydrogens is 98.1 g/mol. The van der Waals surface area contributed by atoms with Crippen molar-refractivity contribution in [2.24, 2.45) is 11.8 Å². The van der Waals surface area contributed by atoms with Gasteiger partial charge in [0.05, 0.1) is 0 Å². The van der Waals surface area contributed by atoms with Gasteiger partial charge in [-0.2, -0.15) is 0 Å². The fourth-order valence-electron chi connectivity index (χ4n) is 2.00. The van der Waals surface area contributed by atoms with E-state index >= 15 is 0 Å². The molecule has 0 amide bonds. The van der Waals surface area contributed by atoms with Crippen molar-refractivity contribution in [2.75, 3.05) is 6.54 Å². The zero-order chi connectivity index (χ0) is 5.56. The molecule has 1 aliphatic heterocycles. The van der Waals surface area contributed by atoms with E-state index in [4.69, 9.17) is 0 Å². The first-order valence-electron chi connectivity index (χ1n) is 3.61. The highest BCUT2D eigenvalue weighted by atomic mass is 15.0. The molecule has 3 atom stereocenters. The maximum Gasteiger partial charge on any atom is 0.00702 e. The van der Waals surface area contributed by atoms with Crippen LogP contribution in [0.1, 0.15) is 19.8 Å². The number of hydrogen-bond acceptors (Lipinski definition) is 1. The molecule has 1 N–H and O–H groups in total. The van der Waals surface area contributed by atoms with Crippen LogP contribution in [0.25, 0.3) is 0 Å². The molecule has 0 aromatic rings. The van der Waals surface area contributed by atoms with Crippen LogP contribution in [0.4, 0.5) is 0 Å². The number of hydrogen-bond donors (Lipinski definition) is 1. The van der Waals surface area contributed by atoms with Crippen molar-refractivity contribution in [1.82, 2.24) is 5.32 Å². The smallest absolute Gasteiger partial charge is 0.00702 e. The molecular formula is C7H13N. The first kappa shape index (κ1) is 4.80. The standard InChI is InChI=1S/C7H13N/c1-5-7-3-2-6(7)4-8-5/h5-8H,2-4H2,1H3/t5-,6-,7+/m0/s1. The topological polar surface area (TPSA) is 12.0 Å². The Morgan fingerprint density at radius 3 is 2.50 bits per heavy atom. The summed E-state index contributed by atoms with van der Waals surface area (Å²) in [6, 6.07) is 0.828. The van der Waals surface area contributed by atoms with Crippen molar-refractivity contribution in [2.45, 2.75) is 25.8 Å². The van der Waals surface area contributed by atoms with Gasteiger partial charge < -0.3 is 5.32 Å². The molecule has 1 heteroatoms. The summed E-state index contributed by atoms with van der Waals surface area (Å²) in [6.45, 7) is 3.61.